The molecule has 16 heavy (non-hydrogen) atoms. The van der Waals surface area contributed by atoms with Gasteiger partial charge in [-0.25, -0.2) is 13.2 Å². The van der Waals surface area contributed by atoms with E-state index in [4.69, 9.17) is 10.8 Å². The van der Waals surface area contributed by atoms with Gasteiger partial charge >= 0.3 is 5.97 Å². The molecule has 1 aromatic rings. The highest BCUT2D eigenvalue weighted by atomic mass is 19.2. The lowest BCUT2D eigenvalue weighted by Crippen LogP contribution is -2.36. The van der Waals surface area contributed by atoms with Crippen molar-refractivity contribution in [3.8, 4) is 0 Å². The molecule has 0 saturated heterocycles. The summed E-state index contributed by atoms with van der Waals surface area (Å²) >= 11 is 0. The van der Waals surface area contributed by atoms with Crippen molar-refractivity contribution in [1.82, 2.24) is 0 Å². The molecule has 3 N–H and O–H groups in total. The molecule has 0 saturated carbocycles. The van der Waals surface area contributed by atoms with Crippen molar-refractivity contribution in [2.45, 2.75) is 18.9 Å². The average Bonchev–Trinajstić information content (AvgIpc) is 2.08. The predicted molar refractivity (Wildman–Crippen MR) is 50.1 cm³/mol. The SMILES string of the molecule is CC(N)(CC(=O)O)c1cc(F)c(F)cc1F. The molecule has 6 heteroatoms. The zero-order valence-electron chi connectivity index (χ0n) is 8.43. The van der Waals surface area contributed by atoms with Crippen molar-refractivity contribution in [2.24, 2.45) is 5.73 Å². The zero-order valence-corrected chi connectivity index (χ0v) is 8.43. The van der Waals surface area contributed by atoms with E-state index in [9.17, 15) is 18.0 Å². The first kappa shape index (κ1) is 12.5. The molecule has 1 rings (SSSR count). The van der Waals surface area contributed by atoms with Gasteiger partial charge in [-0.15, -0.1) is 0 Å². The Hall–Kier alpha value is -1.56. The van der Waals surface area contributed by atoms with Crippen LogP contribution in [0.2, 0.25) is 0 Å². The van der Waals surface area contributed by atoms with E-state index in [1.165, 1.54) is 6.92 Å². The molecule has 0 aliphatic heterocycles. The lowest BCUT2D eigenvalue weighted by Gasteiger charge is -2.23. The van der Waals surface area contributed by atoms with E-state index < -0.39 is 35.4 Å². The Kier molecular flexibility index (Phi) is 3.23. The van der Waals surface area contributed by atoms with Crippen molar-refractivity contribution in [3.05, 3.63) is 35.1 Å². The van der Waals surface area contributed by atoms with Crippen molar-refractivity contribution < 1.29 is 23.1 Å². The Labute approximate surface area is 89.7 Å². The van der Waals surface area contributed by atoms with Gasteiger partial charge < -0.3 is 10.8 Å². The first-order chi connectivity index (χ1) is 7.24. The predicted octanol–water partition coefficient (Wildman–Crippen LogP) is 1.75. The van der Waals surface area contributed by atoms with Gasteiger partial charge in [-0.2, -0.15) is 0 Å². The second-order valence-electron chi connectivity index (χ2n) is 3.73. The lowest BCUT2D eigenvalue weighted by atomic mass is 9.89. The molecule has 1 atom stereocenters. The van der Waals surface area contributed by atoms with Gasteiger partial charge in [-0.3, -0.25) is 4.79 Å². The molecular weight excluding hydrogens is 223 g/mol. The molecule has 0 spiro atoms. The third kappa shape index (κ3) is 2.52. The highest BCUT2D eigenvalue weighted by molar-refractivity contribution is 5.68. The summed E-state index contributed by atoms with van der Waals surface area (Å²) in [4.78, 5) is 10.5. The molecule has 1 aromatic carbocycles. The summed E-state index contributed by atoms with van der Waals surface area (Å²) in [5.74, 6) is -4.93. The van der Waals surface area contributed by atoms with Gasteiger partial charge in [0.25, 0.3) is 0 Å². The van der Waals surface area contributed by atoms with Crippen molar-refractivity contribution >= 4 is 5.97 Å². The summed E-state index contributed by atoms with van der Waals surface area (Å²) in [6.45, 7) is 1.23. The van der Waals surface area contributed by atoms with Crippen molar-refractivity contribution in [3.63, 3.8) is 0 Å². The van der Waals surface area contributed by atoms with Crippen LogP contribution in [0.25, 0.3) is 0 Å². The fourth-order valence-electron chi connectivity index (χ4n) is 1.37. The molecule has 1 unspecified atom stereocenters. The van der Waals surface area contributed by atoms with E-state index in [0.29, 0.717) is 12.1 Å². The Morgan fingerprint density at radius 1 is 1.31 bits per heavy atom. The molecule has 0 aliphatic carbocycles. The van der Waals surface area contributed by atoms with Crippen LogP contribution in [0.1, 0.15) is 18.9 Å². The minimum absolute atomic E-state index is 0.345. The molecule has 88 valence electrons. The van der Waals surface area contributed by atoms with Crippen LogP contribution in [0.3, 0.4) is 0 Å². The number of aliphatic carboxylic acids is 1. The Morgan fingerprint density at radius 2 is 1.81 bits per heavy atom. The summed E-state index contributed by atoms with van der Waals surface area (Å²) < 4.78 is 38.8. The van der Waals surface area contributed by atoms with Crippen molar-refractivity contribution in [1.29, 1.82) is 0 Å². The maximum absolute atomic E-state index is 13.3. The number of carboxylic acids is 1. The number of nitrogens with two attached hydrogens (primary N) is 1. The van der Waals surface area contributed by atoms with Crippen LogP contribution >= 0.6 is 0 Å². The second kappa shape index (κ2) is 4.13. The number of hydrogen-bond donors (Lipinski definition) is 2. The van der Waals surface area contributed by atoms with E-state index >= 15 is 0 Å². The molecule has 0 amide bonds. The average molecular weight is 233 g/mol. The molecular formula is C10H10F3NO2. The lowest BCUT2D eigenvalue weighted by molar-refractivity contribution is -0.138. The van der Waals surface area contributed by atoms with Gasteiger partial charge in [0.2, 0.25) is 0 Å². The summed E-state index contributed by atoms with van der Waals surface area (Å²) in [6, 6.07) is 0.922. The van der Waals surface area contributed by atoms with Gasteiger partial charge in [-0.05, 0) is 13.0 Å². The molecule has 0 aromatic heterocycles. The monoisotopic (exact) mass is 233 g/mol. The molecule has 0 aliphatic rings. The molecule has 0 heterocycles. The highest BCUT2D eigenvalue weighted by Crippen LogP contribution is 2.26. The number of benzene rings is 1. The summed E-state index contributed by atoms with van der Waals surface area (Å²) in [7, 11) is 0. The minimum Gasteiger partial charge on any atom is -0.481 e. The summed E-state index contributed by atoms with van der Waals surface area (Å²) in [6.07, 6.45) is -0.588. The number of carbonyl (C=O) groups is 1. The molecule has 0 fully saturated rings. The fraction of sp³-hybridized carbons (Fsp3) is 0.300. The van der Waals surface area contributed by atoms with Gasteiger partial charge in [0, 0.05) is 11.6 Å². The Balaban J connectivity index is 3.22. The molecule has 0 radical (unpaired) electrons. The largest absolute Gasteiger partial charge is 0.481 e. The van der Waals surface area contributed by atoms with Gasteiger partial charge in [0.1, 0.15) is 5.82 Å². The first-order valence-electron chi connectivity index (χ1n) is 4.40. The number of carboxylic acid groups (broad SMARTS) is 1. The third-order valence-corrected chi connectivity index (χ3v) is 2.14. The van der Waals surface area contributed by atoms with Crippen LogP contribution in [0.5, 0.6) is 0 Å². The normalized spacial score (nSPS) is 14.6. The van der Waals surface area contributed by atoms with E-state index in [1.807, 2.05) is 0 Å². The van der Waals surface area contributed by atoms with Gasteiger partial charge in [-0.1, -0.05) is 0 Å². The van der Waals surface area contributed by atoms with Crippen LogP contribution in [-0.4, -0.2) is 11.1 Å². The molecule has 0 bridgehead atoms. The van der Waals surface area contributed by atoms with Crippen molar-refractivity contribution in [2.75, 3.05) is 0 Å². The Bertz CT molecular complexity index is 432. The van der Waals surface area contributed by atoms with Crippen LogP contribution in [0.4, 0.5) is 13.2 Å². The number of hydrogen-bond acceptors (Lipinski definition) is 2. The topological polar surface area (TPSA) is 63.3 Å². The first-order valence-corrected chi connectivity index (χ1v) is 4.40. The van der Waals surface area contributed by atoms with Crippen LogP contribution < -0.4 is 5.73 Å². The quantitative estimate of drug-likeness (QED) is 0.782. The third-order valence-electron chi connectivity index (χ3n) is 2.14. The van der Waals surface area contributed by atoms with E-state index in [1.54, 1.807) is 0 Å². The highest BCUT2D eigenvalue weighted by Gasteiger charge is 2.29. The fourth-order valence-corrected chi connectivity index (χ4v) is 1.37. The van der Waals surface area contributed by atoms with E-state index in [-0.39, 0.29) is 5.56 Å². The van der Waals surface area contributed by atoms with Gasteiger partial charge in [0.15, 0.2) is 11.6 Å². The standard InChI is InChI=1S/C10H10F3NO2/c1-10(14,4-9(15)16)5-2-7(12)8(13)3-6(5)11/h2-3H,4,14H2,1H3,(H,15,16). The van der Waals surface area contributed by atoms with Gasteiger partial charge in [0.05, 0.1) is 12.0 Å². The van der Waals surface area contributed by atoms with E-state index in [0.717, 1.165) is 0 Å². The minimum atomic E-state index is -1.59. The smallest absolute Gasteiger partial charge is 0.305 e. The van der Waals surface area contributed by atoms with Crippen LogP contribution in [0, 0.1) is 17.5 Å². The maximum atomic E-state index is 13.3. The zero-order chi connectivity index (χ0) is 12.5. The number of rotatable bonds is 3. The maximum Gasteiger partial charge on any atom is 0.305 e. The second-order valence-corrected chi connectivity index (χ2v) is 3.73. The van der Waals surface area contributed by atoms with Crippen LogP contribution in [0.15, 0.2) is 12.1 Å². The van der Waals surface area contributed by atoms with Crippen LogP contribution in [-0.2, 0) is 10.3 Å². The van der Waals surface area contributed by atoms with E-state index in [2.05, 4.69) is 0 Å². The Morgan fingerprint density at radius 3 is 2.31 bits per heavy atom. The summed E-state index contributed by atoms with van der Waals surface area (Å²) in [5.41, 5.74) is 3.59. The number of halogens is 3. The molecule has 3 nitrogen and oxygen atoms in total. The summed E-state index contributed by atoms with van der Waals surface area (Å²) in [5, 5.41) is 8.55.